The molecule has 0 spiro atoms. The molecule has 0 saturated carbocycles. The minimum Gasteiger partial charge on any atom is -0.380 e. The van der Waals surface area contributed by atoms with Gasteiger partial charge in [-0.2, -0.15) is 13.2 Å². The molecule has 1 amide bonds. The highest BCUT2D eigenvalue weighted by atomic mass is 19.4. The summed E-state index contributed by atoms with van der Waals surface area (Å²) in [6.45, 7) is 3.53. The molecule has 5 nitrogen and oxygen atoms in total. The van der Waals surface area contributed by atoms with Crippen LogP contribution in [0.15, 0.2) is 30.5 Å². The van der Waals surface area contributed by atoms with E-state index in [0.29, 0.717) is 30.6 Å². The van der Waals surface area contributed by atoms with Gasteiger partial charge < -0.3 is 10.2 Å². The lowest BCUT2D eigenvalue weighted by atomic mass is 10.1. The molecule has 9 heteroatoms. The number of fused-ring (bicyclic) bond motifs is 1. The third-order valence-electron chi connectivity index (χ3n) is 5.91. The van der Waals surface area contributed by atoms with Crippen molar-refractivity contribution in [3.05, 3.63) is 36.0 Å². The Kier molecular flexibility index (Phi) is 5.57. The maximum absolute atomic E-state index is 13.5. The number of carbonyl (C=O) groups is 1. The molecule has 0 aliphatic carbocycles. The Balaban J connectivity index is 1.43. The highest BCUT2D eigenvalue weighted by Gasteiger charge is 2.35. The lowest BCUT2D eigenvalue weighted by molar-refractivity contribution is -0.136. The summed E-state index contributed by atoms with van der Waals surface area (Å²) in [6, 6.07) is 5.62. The van der Waals surface area contributed by atoms with Gasteiger partial charge in [0.1, 0.15) is 6.17 Å². The Labute approximate surface area is 172 Å². The maximum Gasteiger partial charge on any atom is 0.418 e. The molecule has 1 aromatic heterocycles. The van der Waals surface area contributed by atoms with Crippen molar-refractivity contribution in [1.82, 2.24) is 14.8 Å². The van der Waals surface area contributed by atoms with Gasteiger partial charge in [-0.25, -0.2) is 4.39 Å². The van der Waals surface area contributed by atoms with E-state index in [0.717, 1.165) is 12.5 Å². The van der Waals surface area contributed by atoms with Gasteiger partial charge in [-0.1, -0.05) is 12.1 Å². The standard InChI is InChI=1S/C21H24F4N4O/c1-13-9-14(22)10-29(13)19(30)12-28-8-6-15(11-28)27-18-5-7-26-20-16(18)3-2-4-17(20)21(23,24)25/h2-5,7,13-15H,6,8-12H2,1H3,(H,26,27)/t13-,14+,15+/m1/s1. The van der Waals surface area contributed by atoms with Crippen molar-refractivity contribution in [1.29, 1.82) is 0 Å². The molecule has 2 aliphatic heterocycles. The van der Waals surface area contributed by atoms with Gasteiger partial charge in [-0.05, 0) is 25.5 Å². The molecule has 0 radical (unpaired) electrons. The Morgan fingerprint density at radius 3 is 2.77 bits per heavy atom. The van der Waals surface area contributed by atoms with E-state index in [1.165, 1.54) is 12.3 Å². The van der Waals surface area contributed by atoms with E-state index in [9.17, 15) is 22.4 Å². The van der Waals surface area contributed by atoms with Crippen molar-refractivity contribution in [2.24, 2.45) is 0 Å². The summed E-state index contributed by atoms with van der Waals surface area (Å²) in [5.74, 6) is -0.0764. The van der Waals surface area contributed by atoms with Gasteiger partial charge in [0.15, 0.2) is 0 Å². The van der Waals surface area contributed by atoms with Gasteiger partial charge in [0.2, 0.25) is 5.91 Å². The SMILES string of the molecule is C[C@@H]1C[C@H](F)CN1C(=O)CN1CC[C@H](Nc2ccnc3c(C(F)(F)F)cccc23)C1. The minimum absolute atomic E-state index is 0.00266. The zero-order valence-electron chi connectivity index (χ0n) is 16.6. The van der Waals surface area contributed by atoms with Gasteiger partial charge in [0, 0.05) is 48.9 Å². The zero-order chi connectivity index (χ0) is 21.5. The molecule has 2 fully saturated rings. The number of hydrogen-bond donors (Lipinski definition) is 1. The first kappa shape index (κ1) is 20.8. The van der Waals surface area contributed by atoms with Crippen molar-refractivity contribution < 1.29 is 22.4 Å². The van der Waals surface area contributed by atoms with E-state index in [4.69, 9.17) is 0 Å². The molecule has 1 N–H and O–H groups in total. The molecule has 1 aromatic carbocycles. The number of amides is 1. The third kappa shape index (κ3) is 4.21. The van der Waals surface area contributed by atoms with E-state index in [1.54, 1.807) is 17.0 Å². The number of aromatic nitrogens is 1. The van der Waals surface area contributed by atoms with Crippen LogP contribution in [0.3, 0.4) is 0 Å². The summed E-state index contributed by atoms with van der Waals surface area (Å²) >= 11 is 0. The number of nitrogens with one attached hydrogen (secondary N) is 1. The molecule has 3 atom stereocenters. The monoisotopic (exact) mass is 424 g/mol. The second-order valence-electron chi connectivity index (χ2n) is 8.15. The summed E-state index contributed by atoms with van der Waals surface area (Å²) < 4.78 is 53.4. The van der Waals surface area contributed by atoms with E-state index in [2.05, 4.69) is 10.3 Å². The fourth-order valence-electron chi connectivity index (χ4n) is 4.44. The maximum atomic E-state index is 13.5. The molecule has 3 heterocycles. The van der Waals surface area contributed by atoms with Gasteiger partial charge in [-0.15, -0.1) is 0 Å². The van der Waals surface area contributed by atoms with Crippen LogP contribution < -0.4 is 5.32 Å². The van der Waals surface area contributed by atoms with Crippen molar-refractivity contribution >= 4 is 22.5 Å². The number of para-hydroxylation sites is 1. The second kappa shape index (κ2) is 8.02. The number of alkyl halides is 4. The number of rotatable bonds is 4. The Bertz CT molecular complexity index is 935. The number of carbonyl (C=O) groups excluding carboxylic acids is 1. The van der Waals surface area contributed by atoms with Gasteiger partial charge in [-0.3, -0.25) is 14.7 Å². The number of benzene rings is 1. The second-order valence-corrected chi connectivity index (χ2v) is 8.15. The quantitative estimate of drug-likeness (QED) is 0.761. The lowest BCUT2D eigenvalue weighted by Crippen LogP contribution is -2.42. The van der Waals surface area contributed by atoms with Gasteiger partial charge >= 0.3 is 6.18 Å². The van der Waals surface area contributed by atoms with Crippen molar-refractivity contribution in [2.75, 3.05) is 31.5 Å². The summed E-state index contributed by atoms with van der Waals surface area (Å²) in [4.78, 5) is 20.1. The van der Waals surface area contributed by atoms with E-state index in [1.807, 2.05) is 11.8 Å². The van der Waals surface area contributed by atoms with Crippen molar-refractivity contribution in [3.63, 3.8) is 0 Å². The van der Waals surface area contributed by atoms with Crippen LogP contribution in [0.5, 0.6) is 0 Å². The van der Waals surface area contributed by atoms with Crippen LogP contribution in [0.1, 0.15) is 25.3 Å². The first-order chi connectivity index (χ1) is 14.2. The third-order valence-corrected chi connectivity index (χ3v) is 5.91. The molecular formula is C21H24F4N4O. The summed E-state index contributed by atoms with van der Waals surface area (Å²) in [5, 5.41) is 3.74. The number of hydrogen-bond acceptors (Lipinski definition) is 4. The average molecular weight is 424 g/mol. The molecule has 162 valence electrons. The number of anilines is 1. The number of halogens is 4. The molecule has 4 rings (SSSR count). The number of likely N-dealkylation sites (tertiary alicyclic amines) is 2. The Morgan fingerprint density at radius 2 is 2.07 bits per heavy atom. The number of pyridine rings is 1. The van der Waals surface area contributed by atoms with Crippen molar-refractivity contribution in [3.8, 4) is 0 Å². The summed E-state index contributed by atoms with van der Waals surface area (Å²) in [7, 11) is 0. The fourth-order valence-corrected chi connectivity index (χ4v) is 4.44. The Hall–Kier alpha value is -2.42. The van der Waals surface area contributed by atoms with Crippen LogP contribution in [-0.4, -0.2) is 65.1 Å². The van der Waals surface area contributed by atoms with E-state index >= 15 is 0 Å². The fraction of sp³-hybridized carbons (Fsp3) is 0.524. The summed E-state index contributed by atoms with van der Waals surface area (Å²) in [6.07, 6.45) is -2.92. The first-order valence-electron chi connectivity index (χ1n) is 10.1. The summed E-state index contributed by atoms with van der Waals surface area (Å²) in [5.41, 5.74) is -0.241. The molecule has 2 saturated heterocycles. The van der Waals surface area contributed by atoms with Crippen LogP contribution in [0.4, 0.5) is 23.2 Å². The van der Waals surface area contributed by atoms with Gasteiger partial charge in [0.25, 0.3) is 0 Å². The lowest BCUT2D eigenvalue weighted by Gasteiger charge is -2.24. The molecule has 2 aliphatic rings. The van der Waals surface area contributed by atoms with Crippen LogP contribution in [0.25, 0.3) is 10.9 Å². The highest BCUT2D eigenvalue weighted by Crippen LogP contribution is 2.36. The largest absolute Gasteiger partial charge is 0.418 e. The van der Waals surface area contributed by atoms with Crippen LogP contribution >= 0.6 is 0 Å². The van der Waals surface area contributed by atoms with Crippen LogP contribution in [0.2, 0.25) is 0 Å². The molecule has 0 bridgehead atoms. The highest BCUT2D eigenvalue weighted by molar-refractivity contribution is 5.93. The van der Waals surface area contributed by atoms with Crippen LogP contribution in [-0.2, 0) is 11.0 Å². The van der Waals surface area contributed by atoms with Crippen LogP contribution in [0, 0.1) is 0 Å². The normalized spacial score (nSPS) is 25.2. The van der Waals surface area contributed by atoms with Gasteiger partial charge in [0.05, 0.1) is 24.2 Å². The predicted molar refractivity (Wildman–Crippen MR) is 106 cm³/mol. The van der Waals surface area contributed by atoms with E-state index < -0.39 is 17.9 Å². The Morgan fingerprint density at radius 1 is 1.27 bits per heavy atom. The van der Waals surface area contributed by atoms with E-state index in [-0.39, 0.29) is 36.6 Å². The predicted octanol–water partition coefficient (Wildman–Crippen LogP) is 3.70. The molecule has 0 unspecified atom stereocenters. The minimum atomic E-state index is -4.47. The molecule has 2 aromatic rings. The zero-order valence-corrected chi connectivity index (χ0v) is 16.6. The number of nitrogens with zero attached hydrogens (tertiary/aromatic N) is 3. The smallest absolute Gasteiger partial charge is 0.380 e. The molecule has 30 heavy (non-hydrogen) atoms. The first-order valence-corrected chi connectivity index (χ1v) is 10.1. The topological polar surface area (TPSA) is 48.5 Å². The average Bonchev–Trinajstić information content (AvgIpc) is 3.26. The van der Waals surface area contributed by atoms with Crippen molar-refractivity contribution in [2.45, 2.75) is 44.2 Å². The molecular weight excluding hydrogens is 400 g/mol.